The Morgan fingerprint density at radius 3 is 2.03 bits per heavy atom. The standard InChI is InChI=1S/C23H46N2O3Si2/c1-23(2)19(20(26)25(23)22(29(3,4)5)30(6,7)8)24(21(27)28)17-13-12-16-18-14-10-9-11-15-18/h18-19,22H,9-17H2,1-8H3,(H,27,28)/t19-/m0/s1. The number of hydrogen-bond donors (Lipinski definition) is 1. The van der Waals surface area contributed by atoms with Crippen molar-refractivity contribution in [2.24, 2.45) is 5.92 Å². The van der Waals surface area contributed by atoms with Gasteiger partial charge in [0.15, 0.2) is 0 Å². The lowest BCUT2D eigenvalue weighted by Gasteiger charge is -2.63. The fourth-order valence-corrected chi connectivity index (χ4v) is 19.2. The van der Waals surface area contributed by atoms with E-state index in [0.717, 1.165) is 18.8 Å². The molecule has 1 atom stereocenters. The number of carboxylic acid groups (broad SMARTS) is 1. The number of unbranched alkanes of at least 4 members (excludes halogenated alkanes) is 1. The van der Waals surface area contributed by atoms with Crippen molar-refractivity contribution in [3.63, 3.8) is 0 Å². The van der Waals surface area contributed by atoms with E-state index in [-0.39, 0.29) is 5.91 Å². The van der Waals surface area contributed by atoms with Gasteiger partial charge >= 0.3 is 6.09 Å². The van der Waals surface area contributed by atoms with Crippen LogP contribution in [0.5, 0.6) is 0 Å². The molecule has 174 valence electrons. The lowest BCUT2D eigenvalue weighted by Crippen LogP contribution is -2.84. The van der Waals surface area contributed by atoms with E-state index in [1.54, 1.807) is 0 Å². The molecule has 1 N–H and O–H groups in total. The first-order valence-corrected chi connectivity index (χ1v) is 19.2. The van der Waals surface area contributed by atoms with Crippen molar-refractivity contribution in [3.8, 4) is 0 Å². The molecule has 7 heteroatoms. The van der Waals surface area contributed by atoms with E-state index in [1.807, 2.05) is 0 Å². The van der Waals surface area contributed by atoms with Gasteiger partial charge in [0.25, 0.3) is 0 Å². The number of hydrogen-bond acceptors (Lipinski definition) is 2. The van der Waals surface area contributed by atoms with Crippen LogP contribution in [0.3, 0.4) is 0 Å². The minimum Gasteiger partial charge on any atom is -0.465 e. The molecule has 1 aliphatic heterocycles. The summed E-state index contributed by atoms with van der Waals surface area (Å²) < 4.78 is 0. The number of carbonyl (C=O) groups is 2. The summed E-state index contributed by atoms with van der Waals surface area (Å²) >= 11 is 0. The van der Waals surface area contributed by atoms with Crippen LogP contribution in [0, 0.1) is 5.92 Å². The average Bonchev–Trinajstić information content (AvgIpc) is 2.60. The zero-order chi connectivity index (χ0) is 22.9. The van der Waals surface area contributed by atoms with E-state index in [0.29, 0.717) is 11.8 Å². The second kappa shape index (κ2) is 9.35. The zero-order valence-corrected chi connectivity index (χ0v) is 22.8. The van der Waals surface area contributed by atoms with Gasteiger partial charge in [-0.25, -0.2) is 4.79 Å². The summed E-state index contributed by atoms with van der Waals surface area (Å²) in [5, 5.41) is 10.2. The monoisotopic (exact) mass is 454 g/mol. The van der Waals surface area contributed by atoms with E-state index in [2.05, 4.69) is 58.0 Å². The van der Waals surface area contributed by atoms with Crippen LogP contribution in [0.1, 0.15) is 65.2 Å². The van der Waals surface area contributed by atoms with Crippen molar-refractivity contribution >= 4 is 28.1 Å². The third-order valence-electron chi connectivity index (χ3n) is 7.20. The molecular formula is C23H46N2O3Si2. The Morgan fingerprint density at radius 2 is 1.60 bits per heavy atom. The molecule has 1 aliphatic carbocycles. The lowest BCUT2D eigenvalue weighted by molar-refractivity contribution is -0.168. The normalized spacial score (nSPS) is 22.9. The zero-order valence-electron chi connectivity index (χ0n) is 20.8. The summed E-state index contributed by atoms with van der Waals surface area (Å²) in [6, 6.07) is -0.542. The Labute approximate surface area is 186 Å². The third kappa shape index (κ3) is 5.50. The Morgan fingerprint density at radius 1 is 1.07 bits per heavy atom. The molecule has 2 aliphatic rings. The van der Waals surface area contributed by atoms with Gasteiger partial charge in [-0.3, -0.25) is 9.69 Å². The Hall–Kier alpha value is -0.826. The Balaban J connectivity index is 2.06. The fourth-order valence-electron chi connectivity index (χ4n) is 6.36. The molecule has 2 fully saturated rings. The molecule has 0 aromatic heterocycles. The number of nitrogens with zero attached hydrogens (tertiary/aromatic N) is 2. The van der Waals surface area contributed by atoms with E-state index >= 15 is 0 Å². The predicted octanol–water partition coefficient (Wildman–Crippen LogP) is 5.83. The first kappa shape index (κ1) is 25.4. The van der Waals surface area contributed by atoms with Crippen LogP contribution in [-0.4, -0.2) is 66.5 Å². The maximum absolute atomic E-state index is 13.4. The number of amides is 2. The smallest absolute Gasteiger partial charge is 0.408 e. The summed E-state index contributed by atoms with van der Waals surface area (Å²) in [4.78, 5) is 29.1. The van der Waals surface area contributed by atoms with Gasteiger partial charge in [-0.2, -0.15) is 0 Å². The largest absolute Gasteiger partial charge is 0.465 e. The topological polar surface area (TPSA) is 60.9 Å². The van der Waals surface area contributed by atoms with Gasteiger partial charge in [-0.1, -0.05) is 84.2 Å². The van der Waals surface area contributed by atoms with Crippen molar-refractivity contribution in [3.05, 3.63) is 0 Å². The highest BCUT2D eigenvalue weighted by Gasteiger charge is 2.63. The van der Waals surface area contributed by atoms with Gasteiger partial charge < -0.3 is 10.0 Å². The molecule has 2 rings (SSSR count). The molecule has 0 bridgehead atoms. The van der Waals surface area contributed by atoms with E-state index in [1.165, 1.54) is 43.4 Å². The van der Waals surface area contributed by atoms with Gasteiger partial charge in [0.2, 0.25) is 5.91 Å². The maximum Gasteiger partial charge on any atom is 0.408 e. The van der Waals surface area contributed by atoms with Crippen molar-refractivity contribution in [2.45, 2.75) is 121 Å². The second-order valence-electron chi connectivity index (χ2n) is 12.4. The maximum atomic E-state index is 13.4. The quantitative estimate of drug-likeness (QED) is 0.271. The predicted molar refractivity (Wildman–Crippen MR) is 130 cm³/mol. The van der Waals surface area contributed by atoms with Crippen LogP contribution >= 0.6 is 0 Å². The molecule has 0 unspecified atom stereocenters. The molecule has 0 spiro atoms. The fraction of sp³-hybridized carbons (Fsp3) is 0.913. The van der Waals surface area contributed by atoms with Gasteiger partial charge in [-0.05, 0) is 26.2 Å². The number of carbonyl (C=O) groups excluding carboxylic acids is 1. The average molecular weight is 455 g/mol. The van der Waals surface area contributed by atoms with Crippen LogP contribution in [-0.2, 0) is 4.79 Å². The Bertz CT molecular complexity index is 605. The van der Waals surface area contributed by atoms with Crippen LogP contribution in [0.4, 0.5) is 4.79 Å². The van der Waals surface area contributed by atoms with Crippen LogP contribution in [0.25, 0.3) is 0 Å². The molecule has 30 heavy (non-hydrogen) atoms. The van der Waals surface area contributed by atoms with Crippen molar-refractivity contribution in [1.82, 2.24) is 9.80 Å². The summed E-state index contributed by atoms with van der Waals surface area (Å²) in [5.41, 5.74) is -0.440. The molecule has 1 heterocycles. The first-order chi connectivity index (χ1) is 13.7. The number of likely N-dealkylation sites (tertiary alicyclic amines) is 1. The molecule has 0 aromatic carbocycles. The van der Waals surface area contributed by atoms with Gasteiger partial charge in [0, 0.05) is 11.8 Å². The second-order valence-corrected chi connectivity index (χ2v) is 23.5. The van der Waals surface area contributed by atoms with Gasteiger partial charge in [0.1, 0.15) is 6.04 Å². The summed E-state index contributed by atoms with van der Waals surface area (Å²) in [7, 11) is -3.25. The first-order valence-electron chi connectivity index (χ1n) is 12.0. The van der Waals surface area contributed by atoms with Crippen LogP contribution < -0.4 is 0 Å². The lowest BCUT2D eigenvalue weighted by atomic mass is 9.81. The van der Waals surface area contributed by atoms with E-state index in [4.69, 9.17) is 0 Å². The van der Waals surface area contributed by atoms with E-state index in [9.17, 15) is 14.7 Å². The molecular weight excluding hydrogens is 408 g/mol. The van der Waals surface area contributed by atoms with Crippen LogP contribution in [0.15, 0.2) is 0 Å². The summed E-state index contributed by atoms with van der Waals surface area (Å²) in [6.07, 6.45) is 8.91. The van der Waals surface area contributed by atoms with Crippen molar-refractivity contribution in [1.29, 1.82) is 0 Å². The highest BCUT2D eigenvalue weighted by molar-refractivity contribution is 6.96. The molecule has 5 nitrogen and oxygen atoms in total. The molecule has 2 amide bonds. The van der Waals surface area contributed by atoms with Gasteiger partial charge in [-0.15, -0.1) is 0 Å². The van der Waals surface area contributed by atoms with E-state index < -0.39 is 33.8 Å². The molecule has 0 aromatic rings. The minimum absolute atomic E-state index is 0.0320. The molecule has 1 saturated carbocycles. The minimum atomic E-state index is -1.63. The van der Waals surface area contributed by atoms with Crippen LogP contribution in [0.2, 0.25) is 39.3 Å². The highest BCUT2D eigenvalue weighted by Crippen LogP contribution is 2.42. The number of rotatable bonds is 9. The van der Waals surface area contributed by atoms with Gasteiger partial charge in [0.05, 0.1) is 21.7 Å². The molecule has 1 saturated heterocycles. The third-order valence-corrected chi connectivity index (χ3v) is 16.2. The van der Waals surface area contributed by atoms with Crippen molar-refractivity contribution < 1.29 is 14.7 Å². The SMILES string of the molecule is CC1(C)[C@@H](N(CCCCC2CCCCC2)C(=O)O)C(=O)N1C([Si](C)(C)C)[Si](C)(C)C. The number of β-lactam (4-membered cyclic amide) rings is 1. The van der Waals surface area contributed by atoms with Crippen molar-refractivity contribution in [2.75, 3.05) is 6.54 Å². The summed E-state index contributed by atoms with van der Waals surface area (Å²) in [5.74, 6) is 0.855. The summed E-state index contributed by atoms with van der Waals surface area (Å²) in [6.45, 7) is 18.7. The molecule has 0 radical (unpaired) electrons. The highest BCUT2D eigenvalue weighted by atomic mass is 28.4. The Kier molecular flexibility index (Phi) is 7.93.